The first-order valence-electron chi connectivity index (χ1n) is 6.18. The lowest BCUT2D eigenvalue weighted by molar-refractivity contribution is 0.269. The summed E-state index contributed by atoms with van der Waals surface area (Å²) >= 11 is 0. The van der Waals surface area contributed by atoms with Crippen molar-refractivity contribution in [3.05, 3.63) is 0 Å². The van der Waals surface area contributed by atoms with Gasteiger partial charge in [-0.2, -0.15) is 9.57 Å². The summed E-state index contributed by atoms with van der Waals surface area (Å²) in [6.45, 7) is 5.72. The van der Waals surface area contributed by atoms with Gasteiger partial charge in [0.15, 0.2) is 5.25 Å². The molecule has 0 aromatic carbocycles. The molecule has 0 amide bonds. The van der Waals surface area contributed by atoms with Crippen molar-refractivity contribution in [3.63, 3.8) is 0 Å². The van der Waals surface area contributed by atoms with Gasteiger partial charge in [0.2, 0.25) is 10.0 Å². The summed E-state index contributed by atoms with van der Waals surface area (Å²) in [4.78, 5) is 0. The van der Waals surface area contributed by atoms with Gasteiger partial charge < -0.3 is 5.32 Å². The molecule has 0 radical (unpaired) electrons. The molecule has 0 aliphatic carbocycles. The topological polar surface area (TPSA) is 73.2 Å². The minimum absolute atomic E-state index is 0.0497. The molecule has 1 fully saturated rings. The maximum atomic E-state index is 12.3. The van der Waals surface area contributed by atoms with E-state index in [9.17, 15) is 8.42 Å². The molecule has 1 heterocycles. The highest BCUT2D eigenvalue weighted by Crippen LogP contribution is 2.20. The van der Waals surface area contributed by atoms with Gasteiger partial charge in [0.1, 0.15) is 0 Å². The molecule has 0 saturated carbocycles. The monoisotopic (exact) mass is 259 g/mol. The van der Waals surface area contributed by atoms with Crippen molar-refractivity contribution < 1.29 is 8.42 Å². The molecule has 1 rings (SSSR count). The van der Waals surface area contributed by atoms with Crippen molar-refractivity contribution in [3.8, 4) is 6.07 Å². The molecule has 6 heteroatoms. The normalized spacial score (nSPS) is 20.1. The van der Waals surface area contributed by atoms with Crippen LogP contribution in [0.25, 0.3) is 0 Å². The largest absolute Gasteiger partial charge is 0.317 e. The Kier molecular flexibility index (Phi) is 5.37. The number of rotatable bonds is 5. The maximum Gasteiger partial charge on any atom is 0.230 e. The Labute approximate surface area is 104 Å². The van der Waals surface area contributed by atoms with E-state index in [0.717, 1.165) is 25.9 Å². The molecular weight excluding hydrogens is 238 g/mol. The summed E-state index contributed by atoms with van der Waals surface area (Å²) in [7, 11) is -3.47. The third kappa shape index (κ3) is 3.18. The summed E-state index contributed by atoms with van der Waals surface area (Å²) in [6.07, 6.45) is 2.00. The lowest BCUT2D eigenvalue weighted by atomic mass is 10.1. The highest BCUT2D eigenvalue weighted by molar-refractivity contribution is 7.90. The minimum Gasteiger partial charge on any atom is -0.317 e. The molecule has 1 aliphatic rings. The van der Waals surface area contributed by atoms with Crippen LogP contribution in [0.5, 0.6) is 0 Å². The molecular formula is C11H21N3O2S. The Hall–Kier alpha value is -0.640. The highest BCUT2D eigenvalue weighted by atomic mass is 32.2. The summed E-state index contributed by atoms with van der Waals surface area (Å²) in [6, 6.07) is 1.95. The second-order valence-electron chi connectivity index (χ2n) is 4.26. The van der Waals surface area contributed by atoms with Crippen LogP contribution in [-0.4, -0.2) is 43.6 Å². The second kappa shape index (κ2) is 6.34. The summed E-state index contributed by atoms with van der Waals surface area (Å²) in [5.74, 6) is 0. The Balaban J connectivity index is 2.88. The Morgan fingerprint density at radius 1 is 1.41 bits per heavy atom. The van der Waals surface area contributed by atoms with Crippen LogP contribution < -0.4 is 5.32 Å². The zero-order chi connectivity index (χ0) is 12.9. The number of hydrogen-bond acceptors (Lipinski definition) is 4. The molecule has 17 heavy (non-hydrogen) atoms. The molecule has 1 atom stereocenters. The molecule has 1 N–H and O–H groups in total. The first-order chi connectivity index (χ1) is 8.07. The first kappa shape index (κ1) is 14.4. The van der Waals surface area contributed by atoms with Gasteiger partial charge in [-0.15, -0.1) is 0 Å². The predicted octanol–water partition coefficient (Wildman–Crippen LogP) is 0.692. The zero-order valence-corrected chi connectivity index (χ0v) is 11.3. The van der Waals surface area contributed by atoms with Crippen molar-refractivity contribution in [2.45, 2.75) is 44.4 Å². The van der Waals surface area contributed by atoms with Gasteiger partial charge in [0.05, 0.1) is 6.07 Å². The fourth-order valence-corrected chi connectivity index (χ4v) is 4.14. The summed E-state index contributed by atoms with van der Waals surface area (Å²) in [5.41, 5.74) is 0. The van der Waals surface area contributed by atoms with E-state index in [1.165, 1.54) is 4.31 Å². The fraction of sp³-hybridized carbons (Fsp3) is 0.909. The molecule has 1 aliphatic heterocycles. The lowest BCUT2D eigenvalue weighted by Gasteiger charge is -2.33. The van der Waals surface area contributed by atoms with E-state index in [0.29, 0.717) is 13.0 Å². The van der Waals surface area contributed by atoms with Crippen molar-refractivity contribution in [2.75, 3.05) is 19.6 Å². The van der Waals surface area contributed by atoms with Crippen molar-refractivity contribution in [2.24, 2.45) is 0 Å². The molecule has 0 bridgehead atoms. The summed E-state index contributed by atoms with van der Waals surface area (Å²) < 4.78 is 26.1. The van der Waals surface area contributed by atoms with Gasteiger partial charge in [0, 0.05) is 12.6 Å². The van der Waals surface area contributed by atoms with Crippen molar-refractivity contribution >= 4 is 10.0 Å². The van der Waals surface area contributed by atoms with Crippen LogP contribution in [0.1, 0.15) is 33.1 Å². The fourth-order valence-electron chi connectivity index (χ4n) is 2.27. The van der Waals surface area contributed by atoms with Gasteiger partial charge in [-0.05, 0) is 32.4 Å². The molecule has 5 nitrogen and oxygen atoms in total. The average Bonchev–Trinajstić information content (AvgIpc) is 2.32. The Bertz CT molecular complexity index is 369. The molecule has 0 spiro atoms. The minimum atomic E-state index is -3.47. The third-order valence-electron chi connectivity index (χ3n) is 3.23. The van der Waals surface area contributed by atoms with E-state index in [1.54, 1.807) is 6.92 Å². The second-order valence-corrected chi connectivity index (χ2v) is 6.32. The standard InChI is InChI=1S/C11H21N3O2S/c1-3-11(9-12)17(15,16)14(4-2)10-5-7-13-8-6-10/h10-11,13H,3-8H2,1-2H3. The smallest absolute Gasteiger partial charge is 0.230 e. The van der Waals surface area contributed by atoms with Gasteiger partial charge in [-0.3, -0.25) is 0 Å². The quantitative estimate of drug-likeness (QED) is 0.788. The van der Waals surface area contributed by atoms with Gasteiger partial charge in [-0.25, -0.2) is 8.42 Å². The van der Waals surface area contributed by atoms with Gasteiger partial charge >= 0.3 is 0 Å². The number of nitrogens with zero attached hydrogens (tertiary/aromatic N) is 2. The maximum absolute atomic E-state index is 12.3. The van der Waals surface area contributed by atoms with Crippen molar-refractivity contribution in [1.29, 1.82) is 5.26 Å². The molecule has 98 valence electrons. The number of nitrogens with one attached hydrogen (secondary N) is 1. The molecule has 0 aromatic rings. The number of hydrogen-bond donors (Lipinski definition) is 1. The zero-order valence-electron chi connectivity index (χ0n) is 10.5. The van der Waals surface area contributed by atoms with Crippen LogP contribution in [-0.2, 0) is 10.0 Å². The van der Waals surface area contributed by atoms with E-state index in [-0.39, 0.29) is 6.04 Å². The number of sulfonamides is 1. The Morgan fingerprint density at radius 2 is 2.00 bits per heavy atom. The van der Waals surface area contributed by atoms with Crippen LogP contribution in [0, 0.1) is 11.3 Å². The van der Waals surface area contributed by atoms with Crippen LogP contribution >= 0.6 is 0 Å². The predicted molar refractivity (Wildman–Crippen MR) is 66.9 cm³/mol. The summed E-state index contributed by atoms with van der Waals surface area (Å²) in [5, 5.41) is 11.2. The molecule has 0 aromatic heterocycles. The van der Waals surface area contributed by atoms with E-state index in [1.807, 2.05) is 13.0 Å². The molecule has 1 saturated heterocycles. The van der Waals surface area contributed by atoms with E-state index in [2.05, 4.69) is 5.32 Å². The number of nitriles is 1. The third-order valence-corrected chi connectivity index (χ3v) is 5.60. The van der Waals surface area contributed by atoms with E-state index in [4.69, 9.17) is 5.26 Å². The van der Waals surface area contributed by atoms with Gasteiger partial charge in [-0.1, -0.05) is 13.8 Å². The van der Waals surface area contributed by atoms with Crippen LogP contribution in [0.4, 0.5) is 0 Å². The van der Waals surface area contributed by atoms with Gasteiger partial charge in [0.25, 0.3) is 0 Å². The van der Waals surface area contributed by atoms with E-state index >= 15 is 0 Å². The van der Waals surface area contributed by atoms with Crippen LogP contribution in [0.3, 0.4) is 0 Å². The van der Waals surface area contributed by atoms with Crippen LogP contribution in [0.2, 0.25) is 0 Å². The Morgan fingerprint density at radius 3 is 2.41 bits per heavy atom. The van der Waals surface area contributed by atoms with Crippen molar-refractivity contribution in [1.82, 2.24) is 9.62 Å². The highest BCUT2D eigenvalue weighted by Gasteiger charge is 2.35. The molecule has 1 unspecified atom stereocenters. The van der Waals surface area contributed by atoms with Crippen LogP contribution in [0.15, 0.2) is 0 Å². The van der Waals surface area contributed by atoms with E-state index < -0.39 is 15.3 Å². The average molecular weight is 259 g/mol. The number of piperidine rings is 1. The lowest BCUT2D eigenvalue weighted by Crippen LogP contribution is -2.48. The first-order valence-corrected chi connectivity index (χ1v) is 7.69. The SMILES string of the molecule is CCC(C#N)S(=O)(=O)N(CC)C1CCNCC1.